The molecule has 184 valence electrons. The van der Waals surface area contributed by atoms with E-state index in [-0.39, 0.29) is 42.2 Å². The summed E-state index contributed by atoms with van der Waals surface area (Å²) in [6, 6.07) is 27.1. The Bertz CT molecular complexity index is 1590. The predicted octanol–water partition coefficient (Wildman–Crippen LogP) is 4.78. The number of hydrazone groups is 1. The van der Waals surface area contributed by atoms with Gasteiger partial charge in [0.15, 0.2) is 0 Å². The number of carbonyl (C=O) groups is 2. The summed E-state index contributed by atoms with van der Waals surface area (Å²) in [5, 5.41) is 16.3. The van der Waals surface area contributed by atoms with Crippen LogP contribution in [-0.2, 0) is 9.59 Å². The van der Waals surface area contributed by atoms with Gasteiger partial charge in [-0.25, -0.2) is 5.01 Å². The van der Waals surface area contributed by atoms with Crippen molar-refractivity contribution in [1.29, 1.82) is 0 Å². The van der Waals surface area contributed by atoms with Crippen molar-refractivity contribution >= 4 is 28.5 Å². The van der Waals surface area contributed by atoms with Gasteiger partial charge < -0.3 is 10.1 Å². The van der Waals surface area contributed by atoms with E-state index in [0.29, 0.717) is 11.3 Å². The molecule has 3 atom stereocenters. The van der Waals surface area contributed by atoms with E-state index in [9.17, 15) is 14.4 Å². The van der Waals surface area contributed by atoms with Gasteiger partial charge >= 0.3 is 5.97 Å². The third-order valence-electron chi connectivity index (χ3n) is 7.46. The van der Waals surface area contributed by atoms with Crippen molar-refractivity contribution < 1.29 is 14.7 Å². The van der Waals surface area contributed by atoms with Crippen molar-refractivity contribution in [2.45, 2.75) is 31.2 Å². The molecular weight excluding hydrogens is 466 g/mol. The topological polar surface area (TPSA) is 103 Å². The second kappa shape index (κ2) is 9.17. The number of fused-ring (bicyclic) bond motifs is 2. The van der Waals surface area contributed by atoms with Crippen LogP contribution in [0.4, 0.5) is 0 Å². The number of aromatic nitrogens is 1. The lowest BCUT2D eigenvalue weighted by molar-refractivity contribution is -0.142. The van der Waals surface area contributed by atoms with Crippen molar-refractivity contribution in [3.05, 3.63) is 106 Å². The summed E-state index contributed by atoms with van der Waals surface area (Å²) < 4.78 is 0. The molecule has 6 rings (SSSR count). The van der Waals surface area contributed by atoms with Crippen molar-refractivity contribution in [2.75, 3.05) is 0 Å². The number of aliphatic carboxylic acids is 1. The summed E-state index contributed by atoms with van der Waals surface area (Å²) in [7, 11) is 0. The van der Waals surface area contributed by atoms with Crippen molar-refractivity contribution in [2.24, 2.45) is 11.0 Å². The summed E-state index contributed by atoms with van der Waals surface area (Å²) in [5.41, 5.74) is 4.33. The van der Waals surface area contributed by atoms with Gasteiger partial charge in [-0.2, -0.15) is 5.10 Å². The maximum Gasteiger partial charge on any atom is 0.303 e. The fourth-order valence-electron chi connectivity index (χ4n) is 5.72. The summed E-state index contributed by atoms with van der Waals surface area (Å²) in [4.78, 5) is 41.0. The van der Waals surface area contributed by atoms with Crippen molar-refractivity contribution in [3.63, 3.8) is 0 Å². The number of benzene rings is 3. The first-order valence-electron chi connectivity index (χ1n) is 12.4. The highest BCUT2D eigenvalue weighted by molar-refractivity contribution is 6.14. The maximum absolute atomic E-state index is 13.6. The lowest BCUT2D eigenvalue weighted by atomic mass is 9.64. The molecular formula is C30H25N3O4. The highest BCUT2D eigenvalue weighted by Gasteiger charge is 2.54. The molecule has 3 unspecified atom stereocenters. The zero-order valence-electron chi connectivity index (χ0n) is 20.0. The van der Waals surface area contributed by atoms with Crippen LogP contribution in [0.3, 0.4) is 0 Å². The minimum absolute atomic E-state index is 0.0564. The highest BCUT2D eigenvalue weighted by atomic mass is 16.4. The molecule has 1 fully saturated rings. The van der Waals surface area contributed by atoms with Gasteiger partial charge in [-0.05, 0) is 23.6 Å². The van der Waals surface area contributed by atoms with E-state index in [1.807, 2.05) is 84.9 Å². The molecule has 1 aliphatic carbocycles. The lowest BCUT2D eigenvalue weighted by Crippen LogP contribution is -2.50. The minimum Gasteiger partial charge on any atom is -0.481 e. The summed E-state index contributed by atoms with van der Waals surface area (Å²) in [6.45, 7) is 0. The van der Waals surface area contributed by atoms with Gasteiger partial charge in [-0.1, -0.05) is 78.9 Å². The smallest absolute Gasteiger partial charge is 0.303 e. The van der Waals surface area contributed by atoms with E-state index in [1.54, 1.807) is 0 Å². The predicted molar refractivity (Wildman–Crippen MR) is 141 cm³/mol. The quantitative estimate of drug-likeness (QED) is 0.405. The van der Waals surface area contributed by atoms with Gasteiger partial charge in [0.05, 0.1) is 23.7 Å². The molecule has 0 radical (unpaired) electrons. The van der Waals surface area contributed by atoms with Crippen LogP contribution in [0.5, 0.6) is 0 Å². The Labute approximate surface area is 213 Å². The Morgan fingerprint density at radius 2 is 1.54 bits per heavy atom. The third-order valence-corrected chi connectivity index (χ3v) is 7.46. The van der Waals surface area contributed by atoms with Crippen molar-refractivity contribution in [1.82, 2.24) is 9.99 Å². The number of carboxylic acid groups (broad SMARTS) is 1. The first-order valence-corrected chi connectivity index (χ1v) is 12.4. The number of carbonyl (C=O) groups excluding carboxylic acids is 1. The molecule has 3 aromatic carbocycles. The van der Waals surface area contributed by atoms with Crippen molar-refractivity contribution in [3.8, 4) is 11.1 Å². The van der Waals surface area contributed by atoms with Crippen LogP contribution < -0.4 is 5.56 Å². The Balaban J connectivity index is 1.51. The molecule has 0 bridgehead atoms. The molecule has 1 aromatic heterocycles. The molecule has 4 aromatic rings. The van der Waals surface area contributed by atoms with E-state index in [1.165, 1.54) is 5.01 Å². The van der Waals surface area contributed by atoms with E-state index >= 15 is 0 Å². The van der Waals surface area contributed by atoms with Gasteiger partial charge in [-0.15, -0.1) is 0 Å². The van der Waals surface area contributed by atoms with Crippen LogP contribution in [0.15, 0.2) is 94.8 Å². The number of carboxylic acids is 1. The third kappa shape index (κ3) is 3.93. The first kappa shape index (κ1) is 22.9. The second-order valence-electron chi connectivity index (χ2n) is 9.58. The monoisotopic (exact) mass is 491 g/mol. The average Bonchev–Trinajstić information content (AvgIpc) is 3.19. The van der Waals surface area contributed by atoms with E-state index in [2.05, 4.69) is 4.98 Å². The normalized spacial score (nSPS) is 20.3. The zero-order chi connectivity index (χ0) is 25.5. The van der Waals surface area contributed by atoms with Gasteiger partial charge in [-0.3, -0.25) is 14.4 Å². The Kier molecular flexibility index (Phi) is 5.68. The molecule has 2 aliphatic rings. The molecule has 1 aliphatic heterocycles. The number of amides is 1. The first-order chi connectivity index (χ1) is 18.0. The number of nitrogens with one attached hydrogen (secondary N) is 1. The van der Waals surface area contributed by atoms with Crippen LogP contribution in [-0.4, -0.2) is 38.7 Å². The lowest BCUT2D eigenvalue weighted by Gasteiger charge is -2.43. The number of rotatable bonds is 6. The maximum atomic E-state index is 13.6. The standard InChI is InChI=1S/C30H25N3O4/c34-24(15-16-25(35)36)33-29-21(18-9-3-1-4-10-18)17-22(29)28(32-33)27-26(19-11-5-2-6-12-19)20-13-7-8-14-23(20)31-30(27)37/h1-14,21-22,29H,15-17H2,(H,31,37)(H,35,36). The van der Waals surface area contributed by atoms with E-state index in [0.717, 1.165) is 34.0 Å². The largest absolute Gasteiger partial charge is 0.481 e. The fourth-order valence-corrected chi connectivity index (χ4v) is 5.72. The number of H-pyrrole nitrogens is 1. The molecule has 1 saturated carbocycles. The van der Waals surface area contributed by atoms with Crippen LogP contribution in [0.2, 0.25) is 0 Å². The van der Waals surface area contributed by atoms with Gasteiger partial charge in [0.25, 0.3) is 5.56 Å². The van der Waals surface area contributed by atoms with Crippen LogP contribution in [0.25, 0.3) is 22.0 Å². The van der Waals surface area contributed by atoms with E-state index in [4.69, 9.17) is 10.2 Å². The van der Waals surface area contributed by atoms with Gasteiger partial charge in [0.1, 0.15) is 0 Å². The molecule has 7 heteroatoms. The zero-order valence-corrected chi connectivity index (χ0v) is 20.0. The highest BCUT2D eigenvalue weighted by Crippen LogP contribution is 2.51. The molecule has 2 heterocycles. The molecule has 2 N–H and O–H groups in total. The summed E-state index contributed by atoms with van der Waals surface area (Å²) >= 11 is 0. The SMILES string of the molecule is O=C(O)CCC(=O)N1N=C(c2c(-c3ccccc3)c3ccccc3[nH]c2=O)C2CC(c3ccccc3)C21. The number of hydrogen-bond donors (Lipinski definition) is 2. The molecule has 37 heavy (non-hydrogen) atoms. The van der Waals surface area contributed by atoms with Gasteiger partial charge in [0, 0.05) is 34.7 Å². The second-order valence-corrected chi connectivity index (χ2v) is 9.58. The van der Waals surface area contributed by atoms with E-state index < -0.39 is 5.97 Å². The summed E-state index contributed by atoms with van der Waals surface area (Å²) in [5.74, 6) is -1.44. The van der Waals surface area contributed by atoms with Gasteiger partial charge in [0.2, 0.25) is 5.91 Å². The number of pyridine rings is 1. The minimum atomic E-state index is -1.03. The summed E-state index contributed by atoms with van der Waals surface area (Å²) in [6.07, 6.45) is 0.340. The number of hydrogen-bond acceptors (Lipinski definition) is 4. The molecule has 0 saturated heterocycles. The number of aromatic amines is 1. The van der Waals surface area contributed by atoms with Crippen LogP contribution in [0.1, 0.15) is 36.3 Å². The Hall–Kier alpha value is -4.52. The fraction of sp³-hybridized carbons (Fsp3) is 0.200. The molecule has 7 nitrogen and oxygen atoms in total. The Morgan fingerprint density at radius 1 is 0.865 bits per heavy atom. The Morgan fingerprint density at radius 3 is 2.27 bits per heavy atom. The van der Waals surface area contributed by atoms with Crippen LogP contribution >= 0.6 is 0 Å². The average molecular weight is 492 g/mol. The molecule has 1 amide bonds. The number of nitrogens with zero attached hydrogens (tertiary/aromatic N) is 2. The van der Waals surface area contributed by atoms with Crippen LogP contribution in [0, 0.1) is 5.92 Å². The molecule has 0 spiro atoms. The number of para-hydroxylation sites is 1.